The van der Waals surface area contributed by atoms with Crippen LogP contribution in [0, 0.1) is 0 Å². The Kier molecular flexibility index (Phi) is 5.81. The van der Waals surface area contributed by atoms with E-state index in [1.165, 1.54) is 6.20 Å². The van der Waals surface area contributed by atoms with Crippen molar-refractivity contribution < 1.29 is 22.8 Å². The first-order valence-corrected chi connectivity index (χ1v) is 8.69. The average Bonchev–Trinajstić information content (AvgIpc) is 2.64. The fourth-order valence-corrected chi connectivity index (χ4v) is 2.93. The first-order chi connectivity index (χ1) is 13.3. The lowest BCUT2D eigenvalue weighted by Gasteiger charge is -2.35. The Morgan fingerprint density at radius 2 is 1.86 bits per heavy atom. The number of benzene rings is 1. The molecule has 1 fully saturated rings. The van der Waals surface area contributed by atoms with E-state index in [1.807, 2.05) is 30.3 Å². The standard InChI is InChI=1S/C19H19F3N4O2/c20-19(21,22)13-26-9-8-25(12-18(26)28)15-6-7-16(23-11-15)24-17(27)10-14-4-2-1-3-5-14/h1-7,11H,8-10,12-13H2,(H,23,24,27). The van der Waals surface area contributed by atoms with Gasteiger partial charge in [0.15, 0.2) is 0 Å². The Balaban J connectivity index is 1.54. The number of hydrogen-bond acceptors (Lipinski definition) is 4. The Morgan fingerprint density at radius 1 is 1.11 bits per heavy atom. The Hall–Kier alpha value is -3.10. The summed E-state index contributed by atoms with van der Waals surface area (Å²) in [6.07, 6.45) is -2.69. The van der Waals surface area contributed by atoms with Gasteiger partial charge in [0.1, 0.15) is 12.4 Å². The normalized spacial score (nSPS) is 14.9. The number of nitrogens with one attached hydrogen (secondary N) is 1. The van der Waals surface area contributed by atoms with Gasteiger partial charge in [-0.05, 0) is 17.7 Å². The summed E-state index contributed by atoms with van der Waals surface area (Å²) in [5.74, 6) is -0.419. The van der Waals surface area contributed by atoms with E-state index in [9.17, 15) is 22.8 Å². The second kappa shape index (κ2) is 8.28. The molecule has 2 aromatic rings. The Labute approximate surface area is 160 Å². The van der Waals surface area contributed by atoms with Crippen LogP contribution in [-0.4, -0.2) is 54.1 Å². The average molecular weight is 392 g/mol. The van der Waals surface area contributed by atoms with Crippen molar-refractivity contribution in [2.75, 3.05) is 36.4 Å². The highest BCUT2D eigenvalue weighted by Crippen LogP contribution is 2.21. The zero-order valence-corrected chi connectivity index (χ0v) is 14.9. The third kappa shape index (κ3) is 5.45. The van der Waals surface area contributed by atoms with E-state index in [0.29, 0.717) is 11.5 Å². The minimum Gasteiger partial charge on any atom is -0.359 e. The minimum absolute atomic E-state index is 0.00605. The molecule has 0 bridgehead atoms. The summed E-state index contributed by atoms with van der Waals surface area (Å²) in [5.41, 5.74) is 1.49. The molecular weight excluding hydrogens is 373 g/mol. The molecule has 1 saturated heterocycles. The first-order valence-electron chi connectivity index (χ1n) is 8.69. The second-order valence-corrected chi connectivity index (χ2v) is 6.46. The maximum Gasteiger partial charge on any atom is 0.406 e. The SMILES string of the molecule is O=C(Cc1ccccc1)Nc1ccc(N2CCN(CC(F)(F)F)C(=O)C2)cn1. The smallest absolute Gasteiger partial charge is 0.359 e. The molecule has 0 unspecified atom stereocenters. The van der Waals surface area contributed by atoms with Crippen molar-refractivity contribution >= 4 is 23.3 Å². The van der Waals surface area contributed by atoms with E-state index in [0.717, 1.165) is 10.5 Å². The summed E-state index contributed by atoms with van der Waals surface area (Å²) in [4.78, 5) is 30.6. The highest BCUT2D eigenvalue weighted by molar-refractivity contribution is 5.91. The molecular formula is C19H19F3N4O2. The molecule has 9 heteroatoms. The quantitative estimate of drug-likeness (QED) is 0.849. The number of nitrogens with zero attached hydrogens (tertiary/aromatic N) is 3. The van der Waals surface area contributed by atoms with Gasteiger partial charge in [-0.1, -0.05) is 30.3 Å². The molecule has 1 aliphatic heterocycles. The molecule has 0 saturated carbocycles. The van der Waals surface area contributed by atoms with Gasteiger partial charge in [-0.25, -0.2) is 4.98 Å². The second-order valence-electron chi connectivity index (χ2n) is 6.46. The Morgan fingerprint density at radius 3 is 2.46 bits per heavy atom. The van der Waals surface area contributed by atoms with Crippen molar-refractivity contribution in [1.82, 2.24) is 9.88 Å². The van der Waals surface area contributed by atoms with Crippen LogP contribution in [0.1, 0.15) is 5.56 Å². The summed E-state index contributed by atoms with van der Waals surface area (Å²) in [6.45, 7) is -1.10. The molecule has 148 valence electrons. The highest BCUT2D eigenvalue weighted by Gasteiger charge is 2.35. The largest absolute Gasteiger partial charge is 0.406 e. The maximum atomic E-state index is 12.5. The molecule has 3 rings (SSSR count). The molecule has 0 radical (unpaired) electrons. The van der Waals surface area contributed by atoms with Crippen molar-refractivity contribution in [1.29, 1.82) is 0 Å². The number of anilines is 2. The molecule has 6 nitrogen and oxygen atoms in total. The third-order valence-electron chi connectivity index (χ3n) is 4.28. The van der Waals surface area contributed by atoms with Gasteiger partial charge in [0.2, 0.25) is 11.8 Å². The molecule has 0 spiro atoms. The predicted octanol–water partition coefficient (Wildman–Crippen LogP) is 2.47. The van der Waals surface area contributed by atoms with E-state index < -0.39 is 18.6 Å². The van der Waals surface area contributed by atoms with Gasteiger partial charge in [-0.3, -0.25) is 9.59 Å². The number of rotatable bonds is 5. The van der Waals surface area contributed by atoms with Crippen molar-refractivity contribution in [3.63, 3.8) is 0 Å². The van der Waals surface area contributed by atoms with Crippen LogP contribution in [0.3, 0.4) is 0 Å². The lowest BCUT2D eigenvalue weighted by atomic mass is 10.1. The summed E-state index contributed by atoms with van der Waals surface area (Å²) >= 11 is 0. The lowest BCUT2D eigenvalue weighted by molar-refractivity contribution is -0.161. The van der Waals surface area contributed by atoms with Crippen LogP contribution in [0.15, 0.2) is 48.7 Å². The van der Waals surface area contributed by atoms with Crippen LogP contribution in [0.4, 0.5) is 24.7 Å². The number of pyridine rings is 1. The zero-order chi connectivity index (χ0) is 20.1. The monoisotopic (exact) mass is 392 g/mol. The molecule has 0 atom stereocenters. The van der Waals surface area contributed by atoms with E-state index in [-0.39, 0.29) is 32.0 Å². The van der Waals surface area contributed by atoms with E-state index in [2.05, 4.69) is 10.3 Å². The predicted molar refractivity (Wildman–Crippen MR) is 97.9 cm³/mol. The molecule has 28 heavy (non-hydrogen) atoms. The molecule has 1 aromatic heterocycles. The van der Waals surface area contributed by atoms with Crippen molar-refractivity contribution in [3.8, 4) is 0 Å². The van der Waals surface area contributed by atoms with Crippen LogP contribution in [-0.2, 0) is 16.0 Å². The number of amides is 2. The van der Waals surface area contributed by atoms with Gasteiger partial charge < -0.3 is 15.1 Å². The summed E-state index contributed by atoms with van der Waals surface area (Å²) in [5, 5.41) is 2.69. The summed E-state index contributed by atoms with van der Waals surface area (Å²) in [6, 6.07) is 12.6. The van der Waals surface area contributed by atoms with Crippen LogP contribution >= 0.6 is 0 Å². The summed E-state index contributed by atoms with van der Waals surface area (Å²) < 4.78 is 37.4. The number of halogens is 3. The van der Waals surface area contributed by atoms with Gasteiger partial charge in [0, 0.05) is 13.1 Å². The third-order valence-corrected chi connectivity index (χ3v) is 4.28. The summed E-state index contributed by atoms with van der Waals surface area (Å²) in [7, 11) is 0. The molecule has 1 aliphatic rings. The van der Waals surface area contributed by atoms with E-state index >= 15 is 0 Å². The molecule has 2 heterocycles. The van der Waals surface area contributed by atoms with Crippen LogP contribution in [0.25, 0.3) is 0 Å². The van der Waals surface area contributed by atoms with Crippen molar-refractivity contribution in [2.45, 2.75) is 12.6 Å². The van der Waals surface area contributed by atoms with Crippen LogP contribution < -0.4 is 10.2 Å². The zero-order valence-electron chi connectivity index (χ0n) is 14.9. The van der Waals surface area contributed by atoms with E-state index in [4.69, 9.17) is 0 Å². The number of piperazine rings is 1. The van der Waals surface area contributed by atoms with Crippen molar-refractivity contribution in [3.05, 3.63) is 54.2 Å². The fourth-order valence-electron chi connectivity index (χ4n) is 2.93. The number of carbonyl (C=O) groups excluding carboxylic acids is 2. The molecule has 2 amide bonds. The molecule has 1 aromatic carbocycles. The van der Waals surface area contributed by atoms with Gasteiger partial charge in [0.25, 0.3) is 0 Å². The lowest BCUT2D eigenvalue weighted by Crippen LogP contribution is -2.53. The van der Waals surface area contributed by atoms with Crippen molar-refractivity contribution in [2.24, 2.45) is 0 Å². The number of aromatic nitrogens is 1. The van der Waals surface area contributed by atoms with Crippen LogP contribution in [0.2, 0.25) is 0 Å². The maximum absolute atomic E-state index is 12.5. The number of carbonyl (C=O) groups is 2. The minimum atomic E-state index is -4.40. The van der Waals surface area contributed by atoms with Crippen LogP contribution in [0.5, 0.6) is 0 Å². The number of hydrogen-bond donors (Lipinski definition) is 1. The van der Waals surface area contributed by atoms with Gasteiger partial charge in [0.05, 0.1) is 24.8 Å². The fraction of sp³-hybridized carbons (Fsp3) is 0.316. The van der Waals surface area contributed by atoms with Gasteiger partial charge in [-0.15, -0.1) is 0 Å². The molecule has 1 N–H and O–H groups in total. The Bertz CT molecular complexity index is 825. The topological polar surface area (TPSA) is 65.5 Å². The highest BCUT2D eigenvalue weighted by atomic mass is 19.4. The first kappa shape index (κ1) is 19.7. The van der Waals surface area contributed by atoms with E-state index in [1.54, 1.807) is 17.0 Å². The number of alkyl halides is 3. The molecule has 0 aliphatic carbocycles. The van der Waals surface area contributed by atoms with Gasteiger partial charge in [-0.2, -0.15) is 13.2 Å². The van der Waals surface area contributed by atoms with Gasteiger partial charge >= 0.3 is 6.18 Å².